The van der Waals surface area contributed by atoms with Gasteiger partial charge in [0.15, 0.2) is 0 Å². The topological polar surface area (TPSA) is 40.6 Å². The highest BCUT2D eigenvalue weighted by molar-refractivity contribution is 6.06. The fourth-order valence-corrected chi connectivity index (χ4v) is 2.18. The van der Waals surface area contributed by atoms with Gasteiger partial charge in [0.25, 0.3) is 5.91 Å². The van der Waals surface area contributed by atoms with Crippen LogP contribution in [0.3, 0.4) is 0 Å². The maximum absolute atomic E-state index is 12.3. The Bertz CT molecular complexity index is 543. The first kappa shape index (κ1) is 13.2. The third kappa shape index (κ3) is 2.19. The van der Waals surface area contributed by atoms with Gasteiger partial charge in [0.05, 0.1) is 13.1 Å². The lowest BCUT2D eigenvalue weighted by molar-refractivity contribution is -0.132. The number of urea groups is 1. The molecule has 0 N–H and O–H groups in total. The van der Waals surface area contributed by atoms with Crippen molar-refractivity contribution in [3.8, 4) is 12.3 Å². The molecule has 0 unspecified atom stereocenters. The van der Waals surface area contributed by atoms with Crippen LogP contribution in [0.2, 0.25) is 0 Å². The van der Waals surface area contributed by atoms with Crippen molar-refractivity contribution in [1.29, 1.82) is 0 Å². The Morgan fingerprint density at radius 1 is 1.21 bits per heavy atom. The molecule has 0 aromatic heterocycles. The van der Waals surface area contributed by atoms with Gasteiger partial charge in [-0.05, 0) is 19.4 Å². The number of hydrogen-bond acceptors (Lipinski definition) is 2. The van der Waals surface area contributed by atoms with Crippen LogP contribution in [-0.2, 0) is 11.3 Å². The summed E-state index contributed by atoms with van der Waals surface area (Å²) in [6.07, 6.45) is 5.26. The molecule has 4 nitrogen and oxygen atoms in total. The quantitative estimate of drug-likeness (QED) is 0.612. The van der Waals surface area contributed by atoms with Crippen molar-refractivity contribution in [1.82, 2.24) is 9.80 Å². The Morgan fingerprint density at radius 2 is 1.84 bits per heavy atom. The lowest BCUT2D eigenvalue weighted by Crippen LogP contribution is -2.44. The number of hydrogen-bond donors (Lipinski definition) is 0. The molecule has 0 aliphatic carbocycles. The zero-order valence-electron chi connectivity index (χ0n) is 11.1. The van der Waals surface area contributed by atoms with E-state index in [9.17, 15) is 9.59 Å². The van der Waals surface area contributed by atoms with Gasteiger partial charge in [0.1, 0.15) is 5.54 Å². The van der Waals surface area contributed by atoms with Crippen molar-refractivity contribution in [3.05, 3.63) is 35.9 Å². The minimum atomic E-state index is -0.877. The molecule has 1 saturated heterocycles. The molecular weight excluding hydrogens is 240 g/mol. The van der Waals surface area contributed by atoms with Gasteiger partial charge in [-0.3, -0.25) is 14.6 Å². The molecule has 0 atom stereocenters. The van der Waals surface area contributed by atoms with Crippen LogP contribution < -0.4 is 0 Å². The summed E-state index contributed by atoms with van der Waals surface area (Å²) in [6, 6.07) is 9.10. The first-order chi connectivity index (χ1) is 8.98. The summed E-state index contributed by atoms with van der Waals surface area (Å²) >= 11 is 0. The van der Waals surface area contributed by atoms with Gasteiger partial charge in [0.2, 0.25) is 0 Å². The lowest BCUT2D eigenvalue weighted by Gasteiger charge is -2.25. The molecule has 3 amide bonds. The molecule has 19 heavy (non-hydrogen) atoms. The van der Waals surface area contributed by atoms with E-state index in [2.05, 4.69) is 5.92 Å². The van der Waals surface area contributed by atoms with Crippen LogP contribution in [0.25, 0.3) is 0 Å². The summed E-state index contributed by atoms with van der Waals surface area (Å²) in [4.78, 5) is 27.3. The van der Waals surface area contributed by atoms with Crippen molar-refractivity contribution < 1.29 is 9.59 Å². The second-order valence-electron chi connectivity index (χ2n) is 5.01. The number of carbonyl (C=O) groups excluding carboxylic acids is 2. The van der Waals surface area contributed by atoms with E-state index in [1.807, 2.05) is 30.3 Å². The molecule has 98 valence electrons. The summed E-state index contributed by atoms with van der Waals surface area (Å²) in [7, 11) is 0. The van der Waals surface area contributed by atoms with E-state index in [0.29, 0.717) is 0 Å². The van der Waals surface area contributed by atoms with Crippen LogP contribution in [0, 0.1) is 12.3 Å². The van der Waals surface area contributed by atoms with E-state index < -0.39 is 5.54 Å². The molecular formula is C15H16N2O2. The van der Waals surface area contributed by atoms with Gasteiger partial charge in [-0.25, -0.2) is 4.79 Å². The van der Waals surface area contributed by atoms with Crippen LogP contribution in [0.15, 0.2) is 30.3 Å². The predicted octanol–water partition coefficient (Wildman–Crippen LogP) is 1.86. The summed E-state index contributed by atoms with van der Waals surface area (Å²) in [5, 5.41) is 0. The van der Waals surface area contributed by atoms with Gasteiger partial charge in [-0.15, -0.1) is 6.42 Å². The monoisotopic (exact) mass is 256 g/mol. The van der Waals surface area contributed by atoms with Gasteiger partial charge >= 0.3 is 6.03 Å². The minimum Gasteiger partial charge on any atom is -0.299 e. The summed E-state index contributed by atoms with van der Waals surface area (Å²) < 4.78 is 0. The van der Waals surface area contributed by atoms with E-state index in [0.717, 1.165) is 5.56 Å². The molecule has 1 aromatic carbocycles. The summed E-state index contributed by atoms with van der Waals surface area (Å²) in [5.74, 6) is 2.22. The van der Waals surface area contributed by atoms with Crippen molar-refractivity contribution in [2.24, 2.45) is 0 Å². The Labute approximate surface area is 113 Å². The Balaban J connectivity index is 2.26. The van der Waals surface area contributed by atoms with Crippen molar-refractivity contribution in [2.75, 3.05) is 6.54 Å². The van der Waals surface area contributed by atoms with Crippen LogP contribution in [-0.4, -0.2) is 33.8 Å². The third-order valence-corrected chi connectivity index (χ3v) is 3.34. The highest BCUT2D eigenvalue weighted by Gasteiger charge is 2.50. The van der Waals surface area contributed by atoms with Gasteiger partial charge < -0.3 is 0 Å². The molecule has 1 heterocycles. The van der Waals surface area contributed by atoms with Gasteiger partial charge in [-0.1, -0.05) is 36.3 Å². The molecule has 0 bridgehead atoms. The zero-order valence-corrected chi connectivity index (χ0v) is 11.1. The fraction of sp³-hybridized carbons (Fsp3) is 0.333. The molecule has 4 heteroatoms. The number of nitrogens with zero attached hydrogens (tertiary/aromatic N) is 2. The smallest absolute Gasteiger partial charge is 0.299 e. The Hall–Kier alpha value is -2.28. The lowest BCUT2D eigenvalue weighted by atomic mass is 10.0. The molecule has 2 rings (SSSR count). The maximum Gasteiger partial charge on any atom is 0.328 e. The van der Waals surface area contributed by atoms with E-state index in [-0.39, 0.29) is 25.0 Å². The van der Waals surface area contributed by atoms with Gasteiger partial charge in [0, 0.05) is 0 Å². The molecule has 1 fully saturated rings. The standard InChI is InChI=1S/C15H16N2O2/c1-4-10-17-14(19)16(13(18)15(17,2)3)11-12-8-6-5-7-9-12/h1,5-9H,10-11H2,2-3H3. The van der Waals surface area contributed by atoms with Crippen LogP contribution >= 0.6 is 0 Å². The van der Waals surface area contributed by atoms with E-state index in [4.69, 9.17) is 6.42 Å². The number of benzene rings is 1. The van der Waals surface area contributed by atoms with Gasteiger partial charge in [-0.2, -0.15) is 0 Å². The zero-order chi connectivity index (χ0) is 14.0. The Morgan fingerprint density at radius 3 is 2.42 bits per heavy atom. The van der Waals surface area contributed by atoms with Crippen molar-refractivity contribution in [2.45, 2.75) is 25.9 Å². The number of rotatable bonds is 3. The number of carbonyl (C=O) groups is 2. The summed E-state index contributed by atoms with van der Waals surface area (Å²) in [5.41, 5.74) is 0.0423. The van der Waals surface area contributed by atoms with E-state index in [1.54, 1.807) is 13.8 Å². The second kappa shape index (κ2) is 4.77. The maximum atomic E-state index is 12.3. The summed E-state index contributed by atoms with van der Waals surface area (Å²) in [6.45, 7) is 3.86. The second-order valence-corrected chi connectivity index (χ2v) is 5.01. The highest BCUT2D eigenvalue weighted by atomic mass is 16.2. The van der Waals surface area contributed by atoms with E-state index in [1.165, 1.54) is 9.80 Å². The highest BCUT2D eigenvalue weighted by Crippen LogP contribution is 2.28. The van der Waals surface area contributed by atoms with Crippen LogP contribution in [0.5, 0.6) is 0 Å². The molecule has 1 aliphatic heterocycles. The molecule has 0 radical (unpaired) electrons. The number of amides is 3. The first-order valence-corrected chi connectivity index (χ1v) is 6.09. The SMILES string of the molecule is C#CCN1C(=O)N(Cc2ccccc2)C(=O)C1(C)C. The van der Waals surface area contributed by atoms with Crippen molar-refractivity contribution >= 4 is 11.9 Å². The molecule has 1 aliphatic rings. The van der Waals surface area contributed by atoms with Crippen LogP contribution in [0.4, 0.5) is 4.79 Å². The average molecular weight is 256 g/mol. The molecule has 0 spiro atoms. The fourth-order valence-electron chi connectivity index (χ4n) is 2.18. The Kier molecular flexibility index (Phi) is 3.30. The minimum absolute atomic E-state index is 0.142. The van der Waals surface area contributed by atoms with Crippen molar-refractivity contribution in [3.63, 3.8) is 0 Å². The first-order valence-electron chi connectivity index (χ1n) is 6.09. The number of imide groups is 1. The van der Waals surface area contributed by atoms with E-state index >= 15 is 0 Å². The van der Waals surface area contributed by atoms with Crippen LogP contribution in [0.1, 0.15) is 19.4 Å². The molecule has 0 saturated carbocycles. The third-order valence-electron chi connectivity index (χ3n) is 3.34. The normalized spacial score (nSPS) is 17.7. The average Bonchev–Trinajstić information content (AvgIpc) is 2.55. The predicted molar refractivity (Wildman–Crippen MR) is 72.0 cm³/mol. The molecule has 1 aromatic rings. The largest absolute Gasteiger partial charge is 0.328 e. The number of terminal acetylenes is 1.